The van der Waals surface area contributed by atoms with Gasteiger partial charge in [-0.15, -0.1) is 20.4 Å². The number of esters is 1. The van der Waals surface area contributed by atoms with Crippen LogP contribution in [0.25, 0.3) is 0 Å². The van der Waals surface area contributed by atoms with Crippen LogP contribution in [-0.2, 0) is 4.74 Å². The Hall–Kier alpha value is -1.46. The number of aromatic nitrogens is 4. The van der Waals surface area contributed by atoms with Gasteiger partial charge in [0.15, 0.2) is 0 Å². The van der Waals surface area contributed by atoms with Crippen LogP contribution in [-0.4, -0.2) is 126 Å². The molecule has 0 unspecified atom stereocenters. The molecule has 184 valence electrons. The zero-order valence-electron chi connectivity index (χ0n) is 19.9. The molecule has 0 aliphatic carbocycles. The fourth-order valence-electron chi connectivity index (χ4n) is 3.04. The Morgan fingerprint density at radius 2 is 1.24 bits per heavy atom. The van der Waals surface area contributed by atoms with Gasteiger partial charge in [-0.05, 0) is 21.0 Å². The fraction of sp³-hybridized carbons (Fsp3) is 0.667. The Kier molecular flexibility index (Phi) is 13.3. The predicted molar refractivity (Wildman–Crippen MR) is 124 cm³/mol. The first-order chi connectivity index (χ1) is 15.4. The van der Waals surface area contributed by atoms with Crippen LogP contribution in [0.5, 0.6) is 0 Å². The maximum Gasteiger partial charge on any atom is 1.00 e. The molecule has 2 aliphatic heterocycles. The second-order valence-corrected chi connectivity index (χ2v) is 9.30. The summed E-state index contributed by atoms with van der Waals surface area (Å²) < 4.78 is 4.89. The van der Waals surface area contributed by atoms with Gasteiger partial charge in [-0.3, -0.25) is 0 Å². The molecular weight excluding hydrogens is 495 g/mol. The Morgan fingerprint density at radius 1 is 0.824 bits per heavy atom. The van der Waals surface area contributed by atoms with Gasteiger partial charge in [0.25, 0.3) is 0 Å². The van der Waals surface area contributed by atoms with E-state index < -0.39 is 5.97 Å². The van der Waals surface area contributed by atoms with Crippen LogP contribution in [0, 0.1) is 0 Å². The smallest absolute Gasteiger partial charge is 0.870 e. The van der Waals surface area contributed by atoms with Gasteiger partial charge in [-0.25, -0.2) is 9.59 Å². The molecule has 2 N–H and O–H groups in total. The van der Waals surface area contributed by atoms with E-state index in [1.807, 2.05) is 0 Å². The van der Waals surface area contributed by atoms with Crippen LogP contribution >= 0.6 is 22.7 Å². The minimum Gasteiger partial charge on any atom is -0.870 e. The van der Waals surface area contributed by atoms with E-state index in [1.54, 1.807) is 6.92 Å². The molecule has 0 bridgehead atoms. The van der Waals surface area contributed by atoms with E-state index in [1.165, 1.54) is 11.3 Å². The average Bonchev–Trinajstić information content (AvgIpc) is 3.46. The van der Waals surface area contributed by atoms with Crippen molar-refractivity contribution in [3.8, 4) is 0 Å². The minimum atomic E-state index is -1.01. The van der Waals surface area contributed by atoms with Gasteiger partial charge in [0, 0.05) is 52.4 Å². The molecule has 0 aromatic carbocycles. The third-order valence-corrected chi connectivity index (χ3v) is 6.95. The van der Waals surface area contributed by atoms with Crippen molar-refractivity contribution in [2.75, 3.05) is 82.9 Å². The molecule has 34 heavy (non-hydrogen) atoms. The SMILES string of the molecule is CCOC(=O)c1nnc(N2CCN(C)CC2)s1.CN1CCN(c2nnc(C(=O)O)s2)CC1.[Na+].[OH-]. The van der Waals surface area contributed by atoms with E-state index in [-0.39, 0.29) is 46.0 Å². The number of hydrogen-bond donors (Lipinski definition) is 1. The molecule has 2 saturated heterocycles. The fourth-order valence-corrected chi connectivity index (χ4v) is 4.57. The quantitative estimate of drug-likeness (QED) is 0.318. The molecule has 2 aliphatic rings. The van der Waals surface area contributed by atoms with Crippen LogP contribution in [0.4, 0.5) is 10.3 Å². The summed E-state index contributed by atoms with van der Waals surface area (Å²) in [5.74, 6) is -1.39. The minimum absolute atomic E-state index is 0. The number of anilines is 2. The molecular formula is C18H29N8NaO5S2. The van der Waals surface area contributed by atoms with Crippen LogP contribution < -0.4 is 39.4 Å². The number of nitrogens with zero attached hydrogens (tertiary/aromatic N) is 8. The summed E-state index contributed by atoms with van der Waals surface area (Å²) in [6.07, 6.45) is 0. The summed E-state index contributed by atoms with van der Waals surface area (Å²) in [7, 11) is 4.17. The molecule has 0 atom stereocenters. The molecule has 0 amide bonds. The standard InChI is InChI=1S/C10H16N4O2S.C8H12N4O2S.Na.H2O/c1-3-16-9(15)8-11-12-10(17-8)14-6-4-13(2)5-7-14;1-11-2-4-12(5-3-11)8-10-9-6(15-8)7(13)14;;/h3-7H2,1-2H3;2-5H2,1H3,(H,13,14);;1H2/q;;+1;/p-1. The molecule has 13 nitrogen and oxygen atoms in total. The van der Waals surface area contributed by atoms with Gasteiger partial charge in [0.1, 0.15) is 0 Å². The first-order valence-electron chi connectivity index (χ1n) is 10.3. The van der Waals surface area contributed by atoms with E-state index >= 15 is 0 Å². The third kappa shape index (κ3) is 8.64. The molecule has 0 radical (unpaired) electrons. The zero-order valence-corrected chi connectivity index (χ0v) is 23.5. The van der Waals surface area contributed by atoms with Crippen molar-refractivity contribution < 1.29 is 54.5 Å². The first kappa shape index (κ1) is 30.6. The number of hydrogen-bond acceptors (Lipinski definition) is 14. The van der Waals surface area contributed by atoms with Crippen molar-refractivity contribution in [3.05, 3.63) is 10.0 Å². The Bertz CT molecular complexity index is 901. The van der Waals surface area contributed by atoms with Crippen LogP contribution in [0.2, 0.25) is 0 Å². The molecule has 4 heterocycles. The van der Waals surface area contributed by atoms with E-state index in [2.05, 4.69) is 54.1 Å². The molecule has 0 saturated carbocycles. The van der Waals surface area contributed by atoms with Crippen LogP contribution in [0.1, 0.15) is 26.5 Å². The van der Waals surface area contributed by atoms with Gasteiger partial charge < -0.3 is 34.9 Å². The number of rotatable bonds is 5. The number of carbonyl (C=O) groups is 2. The van der Waals surface area contributed by atoms with Crippen molar-refractivity contribution in [1.82, 2.24) is 30.2 Å². The number of ether oxygens (including phenoxy) is 1. The van der Waals surface area contributed by atoms with Gasteiger partial charge >= 0.3 is 41.5 Å². The number of carboxylic acids is 1. The van der Waals surface area contributed by atoms with Crippen LogP contribution in [0.3, 0.4) is 0 Å². The van der Waals surface area contributed by atoms with Gasteiger partial charge in [-0.2, -0.15) is 0 Å². The van der Waals surface area contributed by atoms with E-state index in [9.17, 15) is 9.59 Å². The summed E-state index contributed by atoms with van der Waals surface area (Å²) in [5, 5.41) is 26.0. The maximum atomic E-state index is 11.5. The average molecular weight is 525 g/mol. The molecule has 2 fully saturated rings. The number of piperazine rings is 2. The molecule has 16 heteroatoms. The van der Waals surface area contributed by atoms with Crippen molar-refractivity contribution >= 4 is 44.9 Å². The van der Waals surface area contributed by atoms with Crippen molar-refractivity contribution in [2.45, 2.75) is 6.92 Å². The van der Waals surface area contributed by atoms with Gasteiger partial charge in [0.2, 0.25) is 20.3 Å². The summed E-state index contributed by atoms with van der Waals surface area (Å²) in [4.78, 5) is 30.8. The Labute approximate surface area is 228 Å². The second kappa shape index (κ2) is 14.8. The number of carbonyl (C=O) groups excluding carboxylic acids is 1. The summed E-state index contributed by atoms with van der Waals surface area (Å²) in [6, 6.07) is 0. The molecule has 4 rings (SSSR count). The largest absolute Gasteiger partial charge is 1.00 e. The van der Waals surface area contributed by atoms with E-state index in [4.69, 9.17) is 9.84 Å². The molecule has 2 aromatic rings. The summed E-state index contributed by atoms with van der Waals surface area (Å²) >= 11 is 2.43. The first-order valence-corrected chi connectivity index (χ1v) is 11.9. The third-order valence-electron chi connectivity index (χ3n) is 5.01. The maximum absolute atomic E-state index is 11.5. The number of carboxylic acid groups (broad SMARTS) is 1. The van der Waals surface area contributed by atoms with Crippen molar-refractivity contribution in [1.29, 1.82) is 0 Å². The van der Waals surface area contributed by atoms with Crippen LogP contribution in [0.15, 0.2) is 0 Å². The predicted octanol–water partition coefficient (Wildman–Crippen LogP) is -2.72. The molecule has 2 aromatic heterocycles. The summed E-state index contributed by atoms with van der Waals surface area (Å²) in [5.41, 5.74) is 0. The molecule has 0 spiro atoms. The topological polar surface area (TPSA) is 158 Å². The van der Waals surface area contributed by atoms with E-state index in [0.29, 0.717) is 16.7 Å². The van der Waals surface area contributed by atoms with Gasteiger partial charge in [-0.1, -0.05) is 22.7 Å². The number of aromatic carboxylic acids is 1. The summed E-state index contributed by atoms with van der Waals surface area (Å²) in [6.45, 7) is 9.71. The zero-order chi connectivity index (χ0) is 23.1. The Balaban J connectivity index is 0.000000323. The Morgan fingerprint density at radius 3 is 1.62 bits per heavy atom. The van der Waals surface area contributed by atoms with E-state index in [0.717, 1.165) is 68.8 Å². The second-order valence-electron chi connectivity index (χ2n) is 7.39. The van der Waals surface area contributed by atoms with Crippen molar-refractivity contribution in [3.63, 3.8) is 0 Å². The number of likely N-dealkylation sites (N-methyl/N-ethyl adjacent to an activating group) is 2. The van der Waals surface area contributed by atoms with Crippen molar-refractivity contribution in [2.24, 2.45) is 0 Å². The normalized spacial score (nSPS) is 16.6. The van der Waals surface area contributed by atoms with Gasteiger partial charge in [0.05, 0.1) is 6.61 Å². The monoisotopic (exact) mass is 524 g/mol.